The van der Waals surface area contributed by atoms with Crippen LogP contribution in [0.25, 0.3) is 0 Å². The van der Waals surface area contributed by atoms with Crippen LogP contribution in [0, 0.1) is 12.8 Å². The fourth-order valence-corrected chi connectivity index (χ4v) is 3.26. The van der Waals surface area contributed by atoms with Gasteiger partial charge in [0.1, 0.15) is 5.82 Å². The summed E-state index contributed by atoms with van der Waals surface area (Å²) in [5.74, 6) is 1.55. The number of fused-ring (bicyclic) bond motifs is 1. The Labute approximate surface area is 136 Å². The first-order chi connectivity index (χ1) is 11.1. The van der Waals surface area contributed by atoms with E-state index in [9.17, 15) is 4.79 Å². The SMILES string of the molecule is COC(=O)c1cc(CNC[C@@H]2CCc3nccn3C2)n(C)c1C. The van der Waals surface area contributed by atoms with Crippen LogP contribution in [0.3, 0.4) is 0 Å². The Morgan fingerprint density at radius 3 is 3.13 bits per heavy atom. The monoisotopic (exact) mass is 316 g/mol. The Balaban J connectivity index is 1.56. The fourth-order valence-electron chi connectivity index (χ4n) is 3.26. The number of ether oxygens (including phenoxy) is 1. The van der Waals surface area contributed by atoms with Gasteiger partial charge < -0.3 is 19.2 Å². The van der Waals surface area contributed by atoms with Gasteiger partial charge in [0, 0.05) is 56.9 Å². The maximum Gasteiger partial charge on any atom is 0.339 e. The Kier molecular flexibility index (Phi) is 4.52. The lowest BCUT2D eigenvalue weighted by Crippen LogP contribution is -2.30. The van der Waals surface area contributed by atoms with Crippen LogP contribution in [-0.4, -0.2) is 33.7 Å². The molecule has 1 aliphatic heterocycles. The minimum absolute atomic E-state index is 0.274. The minimum atomic E-state index is -0.274. The average molecular weight is 316 g/mol. The number of aryl methyl sites for hydroxylation is 1. The molecule has 3 rings (SSSR count). The van der Waals surface area contributed by atoms with Crippen molar-refractivity contribution in [2.75, 3.05) is 13.7 Å². The van der Waals surface area contributed by atoms with Gasteiger partial charge in [-0.2, -0.15) is 0 Å². The van der Waals surface area contributed by atoms with Gasteiger partial charge in [-0.25, -0.2) is 9.78 Å². The van der Waals surface area contributed by atoms with E-state index in [1.807, 2.05) is 30.8 Å². The molecule has 6 heteroatoms. The number of carbonyl (C=O) groups is 1. The van der Waals surface area contributed by atoms with Crippen LogP contribution in [0.1, 0.15) is 34.0 Å². The molecule has 6 nitrogen and oxygen atoms in total. The summed E-state index contributed by atoms with van der Waals surface area (Å²) < 4.78 is 9.13. The highest BCUT2D eigenvalue weighted by Gasteiger charge is 2.19. The van der Waals surface area contributed by atoms with Crippen molar-refractivity contribution >= 4 is 5.97 Å². The first-order valence-corrected chi connectivity index (χ1v) is 8.04. The molecule has 0 bridgehead atoms. The van der Waals surface area contributed by atoms with Gasteiger partial charge in [0.05, 0.1) is 12.7 Å². The highest BCUT2D eigenvalue weighted by atomic mass is 16.5. The number of imidazole rings is 1. The molecule has 0 amide bonds. The number of nitrogens with one attached hydrogen (secondary N) is 1. The molecule has 0 fully saturated rings. The van der Waals surface area contributed by atoms with Gasteiger partial charge in [-0.15, -0.1) is 0 Å². The molecule has 3 heterocycles. The third-order valence-corrected chi connectivity index (χ3v) is 4.81. The van der Waals surface area contributed by atoms with E-state index in [0.29, 0.717) is 11.5 Å². The van der Waals surface area contributed by atoms with Crippen molar-refractivity contribution < 1.29 is 9.53 Å². The van der Waals surface area contributed by atoms with Crippen LogP contribution in [-0.2, 0) is 31.3 Å². The molecular formula is C17H24N4O2. The van der Waals surface area contributed by atoms with Crippen molar-refractivity contribution in [2.24, 2.45) is 13.0 Å². The third-order valence-electron chi connectivity index (χ3n) is 4.81. The molecule has 2 aromatic rings. The molecule has 23 heavy (non-hydrogen) atoms. The van der Waals surface area contributed by atoms with Crippen molar-refractivity contribution in [3.05, 3.63) is 41.2 Å². The Bertz CT molecular complexity index is 702. The van der Waals surface area contributed by atoms with Crippen LogP contribution < -0.4 is 5.32 Å². The van der Waals surface area contributed by atoms with Crippen LogP contribution >= 0.6 is 0 Å². The molecule has 1 atom stereocenters. The molecule has 0 saturated heterocycles. The highest BCUT2D eigenvalue weighted by molar-refractivity contribution is 5.91. The Hall–Kier alpha value is -2.08. The van der Waals surface area contributed by atoms with Gasteiger partial charge in [-0.05, 0) is 25.3 Å². The van der Waals surface area contributed by atoms with Crippen molar-refractivity contribution in [2.45, 2.75) is 32.9 Å². The molecule has 0 unspecified atom stereocenters. The highest BCUT2D eigenvalue weighted by Crippen LogP contribution is 2.19. The number of hydrogen-bond donors (Lipinski definition) is 1. The van der Waals surface area contributed by atoms with Crippen molar-refractivity contribution in [1.29, 1.82) is 0 Å². The van der Waals surface area contributed by atoms with E-state index in [4.69, 9.17) is 4.74 Å². The van der Waals surface area contributed by atoms with E-state index < -0.39 is 0 Å². The second-order valence-electron chi connectivity index (χ2n) is 6.22. The van der Waals surface area contributed by atoms with Crippen LogP contribution in [0.2, 0.25) is 0 Å². The smallest absolute Gasteiger partial charge is 0.339 e. The van der Waals surface area contributed by atoms with E-state index in [-0.39, 0.29) is 5.97 Å². The lowest BCUT2D eigenvalue weighted by Gasteiger charge is -2.24. The number of esters is 1. The van der Waals surface area contributed by atoms with Crippen molar-refractivity contribution in [1.82, 2.24) is 19.4 Å². The summed E-state index contributed by atoms with van der Waals surface area (Å²) in [6.07, 6.45) is 6.16. The summed E-state index contributed by atoms with van der Waals surface area (Å²) in [6.45, 7) is 4.69. The molecule has 2 aromatic heterocycles. The second kappa shape index (κ2) is 6.58. The molecule has 0 aliphatic carbocycles. The summed E-state index contributed by atoms with van der Waals surface area (Å²) in [5.41, 5.74) is 2.68. The fraction of sp³-hybridized carbons (Fsp3) is 0.529. The van der Waals surface area contributed by atoms with E-state index in [2.05, 4.69) is 21.1 Å². The quantitative estimate of drug-likeness (QED) is 0.853. The van der Waals surface area contributed by atoms with Crippen molar-refractivity contribution in [3.63, 3.8) is 0 Å². The summed E-state index contributed by atoms with van der Waals surface area (Å²) in [4.78, 5) is 16.1. The zero-order valence-corrected chi connectivity index (χ0v) is 14.0. The summed E-state index contributed by atoms with van der Waals surface area (Å²) >= 11 is 0. The predicted molar refractivity (Wildman–Crippen MR) is 87.2 cm³/mol. The van der Waals surface area contributed by atoms with Gasteiger partial charge in [0.15, 0.2) is 0 Å². The van der Waals surface area contributed by atoms with Gasteiger partial charge in [0.25, 0.3) is 0 Å². The molecule has 0 radical (unpaired) electrons. The topological polar surface area (TPSA) is 61.1 Å². The second-order valence-corrected chi connectivity index (χ2v) is 6.22. The van der Waals surface area contributed by atoms with Gasteiger partial charge in [-0.3, -0.25) is 0 Å². The average Bonchev–Trinajstić information content (AvgIpc) is 3.13. The summed E-state index contributed by atoms with van der Waals surface area (Å²) in [6, 6.07) is 1.92. The predicted octanol–water partition coefficient (Wildman–Crippen LogP) is 1.67. The number of aromatic nitrogens is 3. The van der Waals surface area contributed by atoms with Gasteiger partial charge in [0.2, 0.25) is 0 Å². The van der Waals surface area contributed by atoms with Crippen molar-refractivity contribution in [3.8, 4) is 0 Å². The number of carbonyl (C=O) groups excluding carboxylic acids is 1. The largest absolute Gasteiger partial charge is 0.465 e. The summed E-state index contributed by atoms with van der Waals surface area (Å²) in [7, 11) is 3.40. The number of hydrogen-bond acceptors (Lipinski definition) is 4. The van der Waals surface area contributed by atoms with E-state index in [0.717, 1.165) is 37.4 Å². The normalized spacial score (nSPS) is 17.1. The molecule has 0 saturated carbocycles. The number of nitrogens with zero attached hydrogens (tertiary/aromatic N) is 3. The van der Waals surface area contributed by atoms with E-state index in [1.165, 1.54) is 19.4 Å². The van der Waals surface area contributed by atoms with Gasteiger partial charge >= 0.3 is 5.97 Å². The molecule has 124 valence electrons. The maximum atomic E-state index is 11.7. The van der Waals surface area contributed by atoms with Crippen LogP contribution in [0.4, 0.5) is 0 Å². The molecule has 1 N–H and O–H groups in total. The molecule has 1 aliphatic rings. The van der Waals surface area contributed by atoms with Crippen LogP contribution in [0.5, 0.6) is 0 Å². The molecule has 0 spiro atoms. The minimum Gasteiger partial charge on any atom is -0.465 e. The zero-order valence-electron chi connectivity index (χ0n) is 14.0. The number of rotatable bonds is 5. The summed E-state index contributed by atoms with van der Waals surface area (Å²) in [5, 5.41) is 3.53. The van der Waals surface area contributed by atoms with Gasteiger partial charge in [-0.1, -0.05) is 0 Å². The Morgan fingerprint density at radius 1 is 1.52 bits per heavy atom. The first kappa shape index (κ1) is 15.8. The molecular weight excluding hydrogens is 292 g/mol. The lowest BCUT2D eigenvalue weighted by atomic mass is 9.99. The molecule has 0 aromatic carbocycles. The first-order valence-electron chi connectivity index (χ1n) is 8.04. The van der Waals surface area contributed by atoms with E-state index in [1.54, 1.807) is 0 Å². The standard InChI is InChI=1S/C17H24N4O2/c1-12-15(17(22)23-3)8-14(20(12)2)10-18-9-13-4-5-16-19-6-7-21(16)11-13/h6-8,13,18H,4-5,9-11H2,1-3H3/t13-/m0/s1. The lowest BCUT2D eigenvalue weighted by molar-refractivity contribution is 0.0600. The van der Waals surface area contributed by atoms with E-state index >= 15 is 0 Å². The maximum absolute atomic E-state index is 11.7. The Morgan fingerprint density at radius 2 is 2.35 bits per heavy atom. The van der Waals surface area contributed by atoms with Crippen LogP contribution in [0.15, 0.2) is 18.5 Å². The number of methoxy groups -OCH3 is 1. The third kappa shape index (κ3) is 3.17. The zero-order chi connectivity index (χ0) is 16.4.